The minimum absolute atomic E-state index is 0.148. The van der Waals surface area contributed by atoms with Crippen molar-refractivity contribution in [1.82, 2.24) is 5.32 Å². The monoisotopic (exact) mass is 310 g/mol. The first kappa shape index (κ1) is 14.3. The van der Waals surface area contributed by atoms with Crippen LogP contribution in [-0.4, -0.2) is 18.9 Å². The second kappa shape index (κ2) is 5.99. The number of hydrogen-bond donors (Lipinski definition) is 2. The van der Waals surface area contributed by atoms with Crippen molar-refractivity contribution in [1.29, 1.82) is 0 Å². The number of amides is 2. The topological polar surface area (TPSA) is 58.2 Å². The lowest BCUT2D eigenvalue weighted by molar-refractivity contribution is 0.0962. The summed E-state index contributed by atoms with van der Waals surface area (Å²) in [5, 5.41) is 8.23. The second-order valence-corrected chi connectivity index (χ2v) is 5.67. The summed E-state index contributed by atoms with van der Waals surface area (Å²) < 4.78 is 1.09. The zero-order valence-electron chi connectivity index (χ0n) is 11.9. The smallest absolute Gasteiger partial charge is 0.257 e. The minimum atomic E-state index is -0.151. The maximum absolute atomic E-state index is 12.4. The number of hydrogen-bond acceptors (Lipinski definition) is 3. The highest BCUT2D eigenvalue weighted by Crippen LogP contribution is 2.26. The highest BCUT2D eigenvalue weighted by molar-refractivity contribution is 7.17. The highest BCUT2D eigenvalue weighted by atomic mass is 32.1. The molecule has 4 nitrogen and oxygen atoms in total. The van der Waals surface area contributed by atoms with Crippen molar-refractivity contribution in [2.24, 2.45) is 0 Å². The molecule has 0 radical (unpaired) electrons. The summed E-state index contributed by atoms with van der Waals surface area (Å²) in [4.78, 5) is 23.9. The van der Waals surface area contributed by atoms with Crippen LogP contribution in [0, 0.1) is 0 Å². The lowest BCUT2D eigenvalue weighted by atomic mass is 10.1. The molecule has 0 aliphatic heterocycles. The standard InChI is InChI=1S/C17H14N2O2S/c1-18-16(20)11-6-8-12(9-7-11)19-17(21)14-10-22-15-5-3-2-4-13(14)15/h2-10H,1H3,(H,18,20)(H,19,21). The molecule has 0 fully saturated rings. The Morgan fingerprint density at radius 1 is 0.955 bits per heavy atom. The van der Waals surface area contributed by atoms with E-state index < -0.39 is 0 Å². The largest absolute Gasteiger partial charge is 0.355 e. The Kier molecular flexibility index (Phi) is 3.89. The normalized spacial score (nSPS) is 10.4. The van der Waals surface area contributed by atoms with Gasteiger partial charge < -0.3 is 10.6 Å². The van der Waals surface area contributed by atoms with Crippen LogP contribution < -0.4 is 10.6 Å². The predicted molar refractivity (Wildman–Crippen MR) is 89.6 cm³/mol. The van der Waals surface area contributed by atoms with Gasteiger partial charge in [0, 0.05) is 33.8 Å². The zero-order chi connectivity index (χ0) is 15.5. The van der Waals surface area contributed by atoms with E-state index in [1.54, 1.807) is 42.6 Å². The summed E-state index contributed by atoms with van der Waals surface area (Å²) in [5.41, 5.74) is 1.88. The zero-order valence-corrected chi connectivity index (χ0v) is 12.7. The van der Waals surface area contributed by atoms with Gasteiger partial charge in [0.05, 0.1) is 5.56 Å². The first-order valence-corrected chi connectivity index (χ1v) is 7.67. The number of rotatable bonds is 3. The summed E-state index contributed by atoms with van der Waals surface area (Å²) >= 11 is 1.55. The highest BCUT2D eigenvalue weighted by Gasteiger charge is 2.12. The molecule has 3 rings (SSSR count). The fourth-order valence-electron chi connectivity index (χ4n) is 2.20. The van der Waals surface area contributed by atoms with Crippen molar-refractivity contribution in [3.8, 4) is 0 Å². The predicted octanol–water partition coefficient (Wildman–Crippen LogP) is 3.51. The number of fused-ring (bicyclic) bond motifs is 1. The maximum Gasteiger partial charge on any atom is 0.257 e. The lowest BCUT2D eigenvalue weighted by Gasteiger charge is -2.06. The molecule has 0 saturated heterocycles. The SMILES string of the molecule is CNC(=O)c1ccc(NC(=O)c2csc3ccccc23)cc1. The first-order valence-electron chi connectivity index (χ1n) is 6.79. The average Bonchev–Trinajstić information content (AvgIpc) is 2.99. The van der Waals surface area contributed by atoms with Crippen LogP contribution >= 0.6 is 11.3 Å². The van der Waals surface area contributed by atoms with E-state index in [9.17, 15) is 9.59 Å². The fourth-order valence-corrected chi connectivity index (χ4v) is 3.14. The summed E-state index contributed by atoms with van der Waals surface area (Å²) in [6, 6.07) is 14.6. The molecule has 110 valence electrons. The van der Waals surface area contributed by atoms with Gasteiger partial charge in [0.15, 0.2) is 0 Å². The molecule has 0 spiro atoms. The maximum atomic E-state index is 12.4. The number of thiophene rings is 1. The van der Waals surface area contributed by atoms with Crippen LogP contribution in [0.2, 0.25) is 0 Å². The number of carbonyl (C=O) groups excluding carboxylic acids is 2. The molecule has 5 heteroatoms. The van der Waals surface area contributed by atoms with Crippen molar-refractivity contribution in [3.05, 3.63) is 65.0 Å². The lowest BCUT2D eigenvalue weighted by Crippen LogP contribution is -2.17. The Hall–Kier alpha value is -2.66. The average molecular weight is 310 g/mol. The van der Waals surface area contributed by atoms with Crippen molar-refractivity contribution in [2.45, 2.75) is 0 Å². The van der Waals surface area contributed by atoms with E-state index in [1.807, 2.05) is 29.6 Å². The third-order valence-electron chi connectivity index (χ3n) is 3.36. The van der Waals surface area contributed by atoms with E-state index in [-0.39, 0.29) is 11.8 Å². The summed E-state index contributed by atoms with van der Waals surface area (Å²) in [6.07, 6.45) is 0. The van der Waals surface area contributed by atoms with Crippen LogP contribution in [-0.2, 0) is 0 Å². The van der Waals surface area contributed by atoms with Crippen molar-refractivity contribution >= 4 is 38.9 Å². The molecule has 2 aromatic carbocycles. The van der Waals surface area contributed by atoms with E-state index in [1.165, 1.54) is 0 Å². The van der Waals surface area contributed by atoms with Crippen molar-refractivity contribution in [2.75, 3.05) is 12.4 Å². The molecule has 0 aliphatic carbocycles. The van der Waals surface area contributed by atoms with Crippen molar-refractivity contribution in [3.63, 3.8) is 0 Å². The van der Waals surface area contributed by atoms with Crippen LogP contribution in [0.15, 0.2) is 53.9 Å². The van der Waals surface area contributed by atoms with Gasteiger partial charge in [-0.25, -0.2) is 0 Å². The Labute approximate surface area is 131 Å². The van der Waals surface area contributed by atoms with E-state index in [2.05, 4.69) is 10.6 Å². The van der Waals surface area contributed by atoms with Gasteiger partial charge in [-0.2, -0.15) is 0 Å². The number of anilines is 1. The number of nitrogens with one attached hydrogen (secondary N) is 2. The van der Waals surface area contributed by atoms with Crippen LogP contribution in [0.25, 0.3) is 10.1 Å². The van der Waals surface area contributed by atoms with Gasteiger partial charge in [-0.1, -0.05) is 18.2 Å². The van der Waals surface area contributed by atoms with Crippen LogP contribution in [0.3, 0.4) is 0 Å². The molecule has 0 unspecified atom stereocenters. The summed E-state index contributed by atoms with van der Waals surface area (Å²) in [6.45, 7) is 0. The van der Waals surface area contributed by atoms with Gasteiger partial charge in [0.1, 0.15) is 0 Å². The Morgan fingerprint density at radius 2 is 1.68 bits per heavy atom. The van der Waals surface area contributed by atoms with E-state index in [4.69, 9.17) is 0 Å². The van der Waals surface area contributed by atoms with Crippen LogP contribution in [0.1, 0.15) is 20.7 Å². The van der Waals surface area contributed by atoms with Gasteiger partial charge in [-0.05, 0) is 30.3 Å². The van der Waals surface area contributed by atoms with Gasteiger partial charge in [0.2, 0.25) is 0 Å². The Balaban J connectivity index is 1.81. The van der Waals surface area contributed by atoms with E-state index in [0.717, 1.165) is 10.1 Å². The molecule has 0 aliphatic rings. The molecule has 1 aromatic heterocycles. The van der Waals surface area contributed by atoms with Gasteiger partial charge in [-0.3, -0.25) is 9.59 Å². The minimum Gasteiger partial charge on any atom is -0.355 e. The molecule has 0 bridgehead atoms. The van der Waals surface area contributed by atoms with Crippen LogP contribution in [0.4, 0.5) is 5.69 Å². The quantitative estimate of drug-likeness (QED) is 0.777. The molecule has 0 atom stereocenters. The molecule has 0 saturated carbocycles. The van der Waals surface area contributed by atoms with E-state index >= 15 is 0 Å². The molecule has 3 aromatic rings. The van der Waals surface area contributed by atoms with Crippen LogP contribution in [0.5, 0.6) is 0 Å². The summed E-state index contributed by atoms with van der Waals surface area (Å²) in [7, 11) is 1.58. The molecular weight excluding hydrogens is 296 g/mol. The first-order chi connectivity index (χ1) is 10.7. The molecule has 22 heavy (non-hydrogen) atoms. The molecular formula is C17H14N2O2S. The Bertz CT molecular complexity index is 837. The van der Waals surface area contributed by atoms with Gasteiger partial charge in [0.25, 0.3) is 11.8 Å². The van der Waals surface area contributed by atoms with E-state index in [0.29, 0.717) is 16.8 Å². The third kappa shape index (κ3) is 2.71. The second-order valence-electron chi connectivity index (χ2n) is 4.76. The third-order valence-corrected chi connectivity index (χ3v) is 4.32. The fraction of sp³-hybridized carbons (Fsp3) is 0.0588. The number of benzene rings is 2. The Morgan fingerprint density at radius 3 is 2.41 bits per heavy atom. The summed E-state index contributed by atoms with van der Waals surface area (Å²) in [5.74, 6) is -0.299. The molecule has 2 N–H and O–H groups in total. The number of carbonyl (C=O) groups is 2. The molecule has 2 amide bonds. The van der Waals surface area contributed by atoms with Gasteiger partial charge >= 0.3 is 0 Å². The molecule has 1 heterocycles. The van der Waals surface area contributed by atoms with Crippen molar-refractivity contribution < 1.29 is 9.59 Å². The van der Waals surface area contributed by atoms with Gasteiger partial charge in [-0.15, -0.1) is 11.3 Å².